The average Bonchev–Trinajstić information content (AvgIpc) is 2.95. The number of amides is 2. The summed E-state index contributed by atoms with van der Waals surface area (Å²) in [5.74, 6) is -0.00953. The quantitative estimate of drug-likeness (QED) is 0.806. The predicted molar refractivity (Wildman–Crippen MR) is 112 cm³/mol. The first kappa shape index (κ1) is 20.3. The summed E-state index contributed by atoms with van der Waals surface area (Å²) in [6.45, 7) is 6.55. The van der Waals surface area contributed by atoms with Crippen molar-refractivity contribution in [3.63, 3.8) is 0 Å². The van der Waals surface area contributed by atoms with Gasteiger partial charge in [-0.3, -0.25) is 14.7 Å². The van der Waals surface area contributed by atoms with Gasteiger partial charge in [0, 0.05) is 18.7 Å². The summed E-state index contributed by atoms with van der Waals surface area (Å²) in [4.78, 5) is 34.7. The fraction of sp³-hybridized carbons (Fsp3) is 0.435. The monoisotopic (exact) mass is 409 g/mol. The Hall–Kier alpha value is -2.93. The third-order valence-corrected chi connectivity index (χ3v) is 5.89. The highest BCUT2D eigenvalue weighted by molar-refractivity contribution is 5.83. The minimum absolute atomic E-state index is 0.00953. The van der Waals surface area contributed by atoms with Crippen LogP contribution in [0.15, 0.2) is 48.5 Å². The number of ether oxygens (including phenoxy) is 1. The van der Waals surface area contributed by atoms with Gasteiger partial charge in [-0.05, 0) is 24.6 Å². The van der Waals surface area contributed by atoms with Crippen LogP contribution in [0.2, 0.25) is 0 Å². The van der Waals surface area contributed by atoms with E-state index in [2.05, 4.69) is 11.1 Å². The van der Waals surface area contributed by atoms with Gasteiger partial charge in [0.05, 0.1) is 31.4 Å². The van der Waals surface area contributed by atoms with Crippen LogP contribution in [0.25, 0.3) is 0 Å². The molecule has 2 aliphatic heterocycles. The maximum absolute atomic E-state index is 13.0. The first-order chi connectivity index (χ1) is 14.6. The molecule has 2 saturated heterocycles. The Balaban J connectivity index is 1.35. The van der Waals surface area contributed by atoms with Crippen LogP contribution < -0.4 is 4.90 Å². The van der Waals surface area contributed by atoms with Gasteiger partial charge >= 0.3 is 6.09 Å². The molecule has 30 heavy (non-hydrogen) atoms. The molecule has 1 aromatic carbocycles. The summed E-state index contributed by atoms with van der Waals surface area (Å²) in [5.41, 5.74) is 3.12. The number of carbonyl (C=O) groups is 2. The number of hydrogen-bond acceptors (Lipinski definition) is 4. The number of aryl methyl sites for hydroxylation is 1. The lowest BCUT2D eigenvalue weighted by Gasteiger charge is -2.25. The summed E-state index contributed by atoms with van der Waals surface area (Å²) in [6.07, 6.45) is 0.532. The van der Waals surface area contributed by atoms with E-state index in [4.69, 9.17) is 4.74 Å². The molecule has 4 rings (SSSR count). The van der Waals surface area contributed by atoms with Gasteiger partial charge in [-0.15, -0.1) is 0 Å². The Kier molecular flexibility index (Phi) is 6.28. The van der Waals surface area contributed by atoms with Crippen LogP contribution in [0.3, 0.4) is 0 Å². The summed E-state index contributed by atoms with van der Waals surface area (Å²) >= 11 is 0. The number of carbonyl (C=O) groups excluding carboxylic acids is 2. The van der Waals surface area contributed by atoms with Gasteiger partial charge in [0.1, 0.15) is 19.7 Å². The third kappa shape index (κ3) is 4.79. The molecule has 0 bridgehead atoms. The van der Waals surface area contributed by atoms with Crippen molar-refractivity contribution in [3.8, 4) is 0 Å². The first-order valence-corrected chi connectivity index (χ1v) is 10.6. The molecule has 2 aliphatic rings. The van der Waals surface area contributed by atoms with Gasteiger partial charge in [-0.2, -0.15) is 0 Å². The Labute approximate surface area is 177 Å². The van der Waals surface area contributed by atoms with Crippen molar-refractivity contribution in [2.75, 3.05) is 39.3 Å². The lowest BCUT2D eigenvalue weighted by molar-refractivity contribution is -0.912. The van der Waals surface area contributed by atoms with Crippen LogP contribution >= 0.6 is 0 Å². The number of pyridine rings is 1. The second kappa shape index (κ2) is 9.26. The van der Waals surface area contributed by atoms with Crippen LogP contribution in [-0.4, -0.2) is 66.1 Å². The molecule has 2 amide bonds. The molecule has 3 heterocycles. The van der Waals surface area contributed by atoms with E-state index in [1.165, 1.54) is 4.90 Å². The predicted octanol–water partition coefficient (Wildman–Crippen LogP) is 1.20. The van der Waals surface area contributed by atoms with E-state index in [0.29, 0.717) is 6.54 Å². The number of cyclic esters (lactones) is 1. The number of aromatic nitrogens is 1. The molecule has 158 valence electrons. The minimum atomic E-state index is -0.412. The van der Waals surface area contributed by atoms with Crippen LogP contribution in [0.5, 0.6) is 0 Å². The molecule has 0 aliphatic carbocycles. The maximum atomic E-state index is 13.0. The van der Waals surface area contributed by atoms with Crippen molar-refractivity contribution in [2.45, 2.75) is 25.9 Å². The molecular weight excluding hydrogens is 380 g/mol. The number of rotatable bonds is 5. The second-order valence-corrected chi connectivity index (χ2v) is 8.06. The van der Waals surface area contributed by atoms with E-state index in [1.807, 2.05) is 54.3 Å². The lowest BCUT2D eigenvalue weighted by Crippen LogP contribution is -3.11. The van der Waals surface area contributed by atoms with Gasteiger partial charge in [0.25, 0.3) is 0 Å². The summed E-state index contributed by atoms with van der Waals surface area (Å²) in [7, 11) is 0. The van der Waals surface area contributed by atoms with Crippen molar-refractivity contribution < 1.29 is 19.2 Å². The maximum Gasteiger partial charge on any atom is 0.410 e. The Morgan fingerprint density at radius 3 is 2.77 bits per heavy atom. The highest BCUT2D eigenvalue weighted by atomic mass is 16.6. The Morgan fingerprint density at radius 1 is 1.13 bits per heavy atom. The number of benzene rings is 1. The Morgan fingerprint density at radius 2 is 1.97 bits per heavy atom. The SMILES string of the molecule is Cc1cccc(C[NH+]2CCCN(C(=O)CN3C(=O)OCC3c3ccccc3)CC2)n1. The van der Waals surface area contributed by atoms with E-state index < -0.39 is 6.09 Å². The number of hydrogen-bond donors (Lipinski definition) is 1. The summed E-state index contributed by atoms with van der Waals surface area (Å²) in [6, 6.07) is 15.7. The summed E-state index contributed by atoms with van der Waals surface area (Å²) < 4.78 is 5.24. The van der Waals surface area contributed by atoms with Crippen LogP contribution in [-0.2, 0) is 16.1 Å². The minimum Gasteiger partial charge on any atom is -0.447 e. The fourth-order valence-corrected chi connectivity index (χ4v) is 4.25. The normalized spacial score (nSPS) is 22.0. The molecule has 2 fully saturated rings. The van der Waals surface area contributed by atoms with Crippen LogP contribution in [0.4, 0.5) is 4.79 Å². The van der Waals surface area contributed by atoms with Gasteiger partial charge in [-0.1, -0.05) is 36.4 Å². The van der Waals surface area contributed by atoms with Crippen LogP contribution in [0.1, 0.15) is 29.4 Å². The van der Waals surface area contributed by atoms with Gasteiger partial charge < -0.3 is 14.5 Å². The molecular formula is C23H29N4O3+. The zero-order chi connectivity index (χ0) is 20.9. The van der Waals surface area contributed by atoms with E-state index >= 15 is 0 Å². The topological polar surface area (TPSA) is 67.2 Å². The second-order valence-electron chi connectivity index (χ2n) is 8.06. The molecule has 0 spiro atoms. The largest absolute Gasteiger partial charge is 0.447 e. The molecule has 2 aromatic rings. The van der Waals surface area contributed by atoms with E-state index in [9.17, 15) is 9.59 Å². The standard InChI is InChI=1S/C23H28N4O3/c1-18-7-5-10-20(24-18)15-25-11-6-12-26(14-13-25)22(28)16-27-21(17-30-23(27)29)19-8-3-2-4-9-19/h2-5,7-10,21H,6,11-17H2,1H3/p+1. The molecule has 7 nitrogen and oxygen atoms in total. The van der Waals surface area contributed by atoms with Crippen LogP contribution in [0, 0.1) is 6.92 Å². The first-order valence-electron chi connectivity index (χ1n) is 10.6. The molecule has 1 N–H and O–H groups in total. The van der Waals surface area contributed by atoms with Crippen molar-refractivity contribution in [1.82, 2.24) is 14.8 Å². The van der Waals surface area contributed by atoms with Gasteiger partial charge in [-0.25, -0.2) is 4.79 Å². The van der Waals surface area contributed by atoms with Crippen molar-refractivity contribution in [3.05, 3.63) is 65.5 Å². The van der Waals surface area contributed by atoms with Gasteiger partial charge in [0.15, 0.2) is 0 Å². The third-order valence-electron chi connectivity index (χ3n) is 5.89. The number of nitrogens with zero attached hydrogens (tertiary/aromatic N) is 3. The zero-order valence-corrected chi connectivity index (χ0v) is 17.4. The Bertz CT molecular complexity index is 889. The van der Waals surface area contributed by atoms with E-state index in [-0.39, 0.29) is 25.1 Å². The van der Waals surface area contributed by atoms with Crippen molar-refractivity contribution in [2.24, 2.45) is 0 Å². The van der Waals surface area contributed by atoms with Crippen molar-refractivity contribution in [1.29, 1.82) is 0 Å². The summed E-state index contributed by atoms with van der Waals surface area (Å²) in [5, 5.41) is 0. The number of nitrogens with one attached hydrogen (secondary N) is 1. The van der Waals surface area contributed by atoms with Gasteiger partial charge in [0.2, 0.25) is 5.91 Å². The smallest absolute Gasteiger partial charge is 0.410 e. The fourth-order valence-electron chi connectivity index (χ4n) is 4.25. The average molecular weight is 410 g/mol. The van der Waals surface area contributed by atoms with Crippen molar-refractivity contribution >= 4 is 12.0 Å². The lowest BCUT2D eigenvalue weighted by atomic mass is 10.1. The highest BCUT2D eigenvalue weighted by Crippen LogP contribution is 2.27. The molecule has 0 saturated carbocycles. The molecule has 1 aromatic heterocycles. The van der Waals surface area contributed by atoms with E-state index in [1.54, 1.807) is 4.90 Å². The molecule has 2 unspecified atom stereocenters. The highest BCUT2D eigenvalue weighted by Gasteiger charge is 2.36. The number of quaternary nitrogens is 1. The zero-order valence-electron chi connectivity index (χ0n) is 17.4. The molecule has 2 atom stereocenters. The van der Waals surface area contributed by atoms with E-state index in [0.717, 1.165) is 49.6 Å². The molecule has 7 heteroatoms. The molecule has 0 radical (unpaired) electrons.